The summed E-state index contributed by atoms with van der Waals surface area (Å²) in [5, 5.41) is 22.3. The lowest BCUT2D eigenvalue weighted by molar-refractivity contribution is -0.120. The molecule has 0 atom stereocenters. The molecule has 2 aromatic carbocycles. The van der Waals surface area contributed by atoms with Crippen molar-refractivity contribution in [2.45, 2.75) is 49.3 Å². The highest BCUT2D eigenvalue weighted by atomic mass is 32.2. The molecule has 1 amide bonds. The molecule has 0 aliphatic heterocycles. The number of carbonyl (C=O) groups excluding carboxylic acids is 1. The van der Waals surface area contributed by atoms with Crippen molar-refractivity contribution >= 4 is 34.3 Å². The van der Waals surface area contributed by atoms with Crippen LogP contribution in [0, 0.1) is 11.3 Å². The van der Waals surface area contributed by atoms with Gasteiger partial charge in [-0.3, -0.25) is 18.6 Å². The van der Waals surface area contributed by atoms with Gasteiger partial charge in [0.05, 0.1) is 29.3 Å². The Labute approximate surface area is 200 Å². The topological polar surface area (TPSA) is 105 Å². The van der Waals surface area contributed by atoms with Crippen LogP contribution >= 0.6 is 11.8 Å². The van der Waals surface area contributed by atoms with Gasteiger partial charge in [0.25, 0.3) is 5.56 Å². The van der Waals surface area contributed by atoms with Gasteiger partial charge < -0.3 is 5.32 Å². The molecule has 0 saturated heterocycles. The Morgan fingerprint density at radius 2 is 1.79 bits per heavy atom. The van der Waals surface area contributed by atoms with Crippen molar-refractivity contribution in [3.8, 4) is 6.07 Å². The minimum atomic E-state index is -0.772. The summed E-state index contributed by atoms with van der Waals surface area (Å²) in [6, 6.07) is 19.4. The van der Waals surface area contributed by atoms with Crippen LogP contribution < -0.4 is 10.9 Å². The van der Waals surface area contributed by atoms with Gasteiger partial charge in [-0.2, -0.15) is 5.26 Å². The van der Waals surface area contributed by atoms with E-state index in [4.69, 9.17) is 0 Å². The number of thioether (sulfide) groups is 1. The maximum Gasteiger partial charge on any atom is 0.263 e. The molecule has 1 fully saturated rings. The number of amides is 1. The summed E-state index contributed by atoms with van der Waals surface area (Å²) >= 11 is 1.25. The molecule has 34 heavy (non-hydrogen) atoms. The number of carbonyl (C=O) groups is 1. The molecule has 0 unspecified atom stereocenters. The normalized spacial score (nSPS) is 15.3. The van der Waals surface area contributed by atoms with Gasteiger partial charge in [0.2, 0.25) is 11.7 Å². The Kier molecular flexibility index (Phi) is 6.07. The second-order valence-corrected chi connectivity index (χ2v) is 9.55. The van der Waals surface area contributed by atoms with Gasteiger partial charge in [-0.1, -0.05) is 73.5 Å². The summed E-state index contributed by atoms with van der Waals surface area (Å²) in [6.07, 6.45) is 4.35. The summed E-state index contributed by atoms with van der Waals surface area (Å²) in [4.78, 5) is 26.0. The quantitative estimate of drug-likeness (QED) is 0.431. The van der Waals surface area contributed by atoms with Crippen molar-refractivity contribution in [3.05, 3.63) is 70.5 Å². The molecular formula is C25H24N6O2S. The van der Waals surface area contributed by atoms with E-state index < -0.39 is 5.54 Å². The maximum atomic E-state index is 13.3. The van der Waals surface area contributed by atoms with Crippen LogP contribution in [0.3, 0.4) is 0 Å². The molecule has 4 aromatic rings. The number of rotatable bonds is 6. The minimum absolute atomic E-state index is 0.108. The standard InChI is InChI=1S/C25H24N6O2S/c26-17-25(13-7-2-8-14-25)27-21(32)16-34-24-29-28-23-30(15-18-9-3-1-4-10-18)22(33)19-11-5-6-12-20(19)31(23)24/h1,3-6,9-12H,2,7-8,13-16H2,(H,27,32). The van der Waals surface area contributed by atoms with Crippen LogP contribution in [0.25, 0.3) is 16.7 Å². The molecule has 1 aliphatic rings. The van der Waals surface area contributed by atoms with Crippen LogP contribution in [0.1, 0.15) is 37.7 Å². The third-order valence-corrected chi connectivity index (χ3v) is 7.22. The Hall–Kier alpha value is -3.64. The Balaban J connectivity index is 1.47. The van der Waals surface area contributed by atoms with Gasteiger partial charge in [0.1, 0.15) is 5.54 Å². The second kappa shape index (κ2) is 9.31. The van der Waals surface area contributed by atoms with Crippen LogP contribution in [0.15, 0.2) is 64.5 Å². The van der Waals surface area contributed by atoms with E-state index in [9.17, 15) is 14.9 Å². The third kappa shape index (κ3) is 4.17. The van der Waals surface area contributed by atoms with Gasteiger partial charge in [-0.15, -0.1) is 10.2 Å². The number of benzene rings is 2. The van der Waals surface area contributed by atoms with Gasteiger partial charge in [0.15, 0.2) is 5.16 Å². The maximum absolute atomic E-state index is 13.3. The van der Waals surface area contributed by atoms with E-state index in [1.54, 1.807) is 10.6 Å². The molecule has 1 N–H and O–H groups in total. The van der Waals surface area contributed by atoms with Gasteiger partial charge in [-0.05, 0) is 30.5 Å². The van der Waals surface area contributed by atoms with Crippen LogP contribution in [0.5, 0.6) is 0 Å². The first-order valence-electron chi connectivity index (χ1n) is 11.4. The van der Waals surface area contributed by atoms with E-state index in [-0.39, 0.29) is 17.2 Å². The molecule has 9 heteroatoms. The Bertz CT molecular complexity index is 1450. The summed E-state index contributed by atoms with van der Waals surface area (Å²) < 4.78 is 3.44. The SMILES string of the molecule is N#CC1(NC(=O)CSc2nnc3n(Cc4ccccc4)c(=O)c4ccccc4n23)CCCCC1. The van der Waals surface area contributed by atoms with Crippen molar-refractivity contribution < 1.29 is 4.79 Å². The molecule has 0 spiro atoms. The van der Waals surface area contributed by atoms with Crippen molar-refractivity contribution in [1.29, 1.82) is 5.26 Å². The predicted octanol–water partition coefficient (Wildman–Crippen LogP) is 3.53. The average Bonchev–Trinajstić information content (AvgIpc) is 3.30. The highest BCUT2D eigenvalue weighted by molar-refractivity contribution is 7.99. The molecular weight excluding hydrogens is 448 g/mol. The first-order valence-corrected chi connectivity index (χ1v) is 12.3. The number of nitrogens with zero attached hydrogens (tertiary/aromatic N) is 5. The van der Waals surface area contributed by atoms with E-state index in [2.05, 4.69) is 21.6 Å². The van der Waals surface area contributed by atoms with Crippen molar-refractivity contribution in [3.63, 3.8) is 0 Å². The largest absolute Gasteiger partial charge is 0.337 e. The molecule has 172 valence electrons. The number of hydrogen-bond acceptors (Lipinski definition) is 6. The predicted molar refractivity (Wildman–Crippen MR) is 131 cm³/mol. The number of nitriles is 1. The number of nitrogens with one attached hydrogen (secondary N) is 1. The number of fused-ring (bicyclic) bond motifs is 3. The first-order chi connectivity index (χ1) is 16.6. The van der Waals surface area contributed by atoms with Crippen molar-refractivity contribution in [2.75, 3.05) is 5.75 Å². The number of hydrogen-bond donors (Lipinski definition) is 1. The molecule has 5 rings (SSSR count). The molecule has 0 radical (unpaired) electrons. The van der Waals surface area contributed by atoms with Gasteiger partial charge >= 0.3 is 0 Å². The van der Waals surface area contributed by atoms with Crippen LogP contribution in [-0.2, 0) is 11.3 Å². The lowest BCUT2D eigenvalue weighted by Gasteiger charge is -2.31. The summed E-state index contributed by atoms with van der Waals surface area (Å²) in [6.45, 7) is 0.363. The Morgan fingerprint density at radius 3 is 2.56 bits per heavy atom. The summed E-state index contributed by atoms with van der Waals surface area (Å²) in [5.74, 6) is 0.333. The van der Waals surface area contributed by atoms with Crippen LogP contribution in [0.4, 0.5) is 0 Å². The first kappa shape index (κ1) is 22.2. The third-order valence-electron chi connectivity index (χ3n) is 6.29. The van der Waals surface area contributed by atoms with E-state index in [1.165, 1.54) is 11.8 Å². The Morgan fingerprint density at radius 1 is 1.06 bits per heavy atom. The van der Waals surface area contributed by atoms with Crippen LogP contribution in [-0.4, -0.2) is 36.4 Å². The molecule has 1 aliphatic carbocycles. The van der Waals surface area contributed by atoms with E-state index >= 15 is 0 Å². The fourth-order valence-corrected chi connectivity index (χ4v) is 5.33. The lowest BCUT2D eigenvalue weighted by Crippen LogP contribution is -2.49. The summed E-state index contributed by atoms with van der Waals surface area (Å²) in [5.41, 5.74) is 0.765. The van der Waals surface area contributed by atoms with Crippen molar-refractivity contribution in [1.82, 2.24) is 24.5 Å². The molecule has 8 nitrogen and oxygen atoms in total. The smallest absolute Gasteiger partial charge is 0.263 e. The van der Waals surface area contributed by atoms with E-state index in [0.717, 1.165) is 24.8 Å². The van der Waals surface area contributed by atoms with E-state index in [1.807, 2.05) is 52.9 Å². The summed E-state index contributed by atoms with van der Waals surface area (Å²) in [7, 11) is 0. The van der Waals surface area contributed by atoms with Crippen molar-refractivity contribution in [2.24, 2.45) is 0 Å². The fraction of sp³-hybridized carbons (Fsp3) is 0.320. The highest BCUT2D eigenvalue weighted by Gasteiger charge is 2.33. The second-order valence-electron chi connectivity index (χ2n) is 8.60. The highest BCUT2D eigenvalue weighted by Crippen LogP contribution is 2.28. The molecule has 2 heterocycles. The number of para-hydroxylation sites is 1. The van der Waals surface area contributed by atoms with Crippen LogP contribution in [0.2, 0.25) is 0 Å². The van der Waals surface area contributed by atoms with Gasteiger partial charge in [0, 0.05) is 0 Å². The van der Waals surface area contributed by atoms with E-state index in [0.29, 0.717) is 41.2 Å². The number of aromatic nitrogens is 4. The zero-order valence-electron chi connectivity index (χ0n) is 18.6. The monoisotopic (exact) mass is 472 g/mol. The molecule has 2 aromatic heterocycles. The molecule has 0 bridgehead atoms. The zero-order chi connectivity index (χ0) is 23.5. The fourth-order valence-electron chi connectivity index (χ4n) is 4.59. The minimum Gasteiger partial charge on any atom is -0.337 e. The zero-order valence-corrected chi connectivity index (χ0v) is 19.4. The lowest BCUT2D eigenvalue weighted by atomic mass is 9.83. The van der Waals surface area contributed by atoms with Gasteiger partial charge in [-0.25, -0.2) is 0 Å². The molecule has 1 saturated carbocycles. The average molecular weight is 473 g/mol.